The van der Waals surface area contributed by atoms with Crippen LogP contribution in [0.2, 0.25) is 0 Å². The number of nitrogens with zero attached hydrogens (tertiary/aromatic N) is 5. The first-order valence-electron chi connectivity index (χ1n) is 12.7. The Morgan fingerprint density at radius 2 is 1.90 bits per heavy atom. The molecule has 0 unspecified atom stereocenters. The van der Waals surface area contributed by atoms with Gasteiger partial charge in [0.15, 0.2) is 15.7 Å². The van der Waals surface area contributed by atoms with Crippen LogP contribution in [0.25, 0.3) is 27.6 Å². The standard InChI is InChI=1S/C28H29FN6O4S/c1-33(2)28(37)23-16-22-21(19-8-4-5-9-24(19)40(3,38)39)15-20(26(29)27(22)31-23)18-7-6-12-34(17-18)25(36)10-13-35-14-11-30-32-35/h4-5,7-9,11,14-16,31H,6,10,12-13,17H2,1-3H3. The summed E-state index contributed by atoms with van der Waals surface area (Å²) in [5.74, 6) is -1.01. The van der Waals surface area contributed by atoms with Gasteiger partial charge in [-0.25, -0.2) is 12.8 Å². The molecule has 0 atom stereocenters. The molecule has 2 aromatic heterocycles. The van der Waals surface area contributed by atoms with Crippen molar-refractivity contribution >= 4 is 38.1 Å². The van der Waals surface area contributed by atoms with E-state index in [2.05, 4.69) is 15.3 Å². The summed E-state index contributed by atoms with van der Waals surface area (Å²) in [7, 11) is -0.436. The van der Waals surface area contributed by atoms with E-state index in [4.69, 9.17) is 0 Å². The molecule has 208 valence electrons. The Morgan fingerprint density at radius 3 is 2.60 bits per heavy atom. The highest BCUT2D eigenvalue weighted by Crippen LogP contribution is 2.39. The molecule has 5 rings (SSSR count). The molecule has 1 aliphatic heterocycles. The predicted octanol–water partition coefficient (Wildman–Crippen LogP) is 3.38. The van der Waals surface area contributed by atoms with E-state index in [1.54, 1.807) is 66.4 Å². The second kappa shape index (κ2) is 10.7. The highest BCUT2D eigenvalue weighted by Gasteiger charge is 2.26. The van der Waals surface area contributed by atoms with Crippen LogP contribution in [0.1, 0.15) is 28.9 Å². The summed E-state index contributed by atoms with van der Waals surface area (Å²) in [5.41, 5.74) is 1.99. The number of nitrogens with one attached hydrogen (secondary N) is 1. The largest absolute Gasteiger partial charge is 0.348 e. The number of rotatable bonds is 7. The van der Waals surface area contributed by atoms with Gasteiger partial charge >= 0.3 is 0 Å². The molecule has 1 N–H and O–H groups in total. The van der Waals surface area contributed by atoms with Gasteiger partial charge in [-0.05, 0) is 35.8 Å². The zero-order valence-corrected chi connectivity index (χ0v) is 23.2. The van der Waals surface area contributed by atoms with E-state index in [-0.39, 0.29) is 46.4 Å². The van der Waals surface area contributed by atoms with Crippen molar-refractivity contribution in [3.8, 4) is 11.1 Å². The third-order valence-electron chi connectivity index (χ3n) is 6.94. The van der Waals surface area contributed by atoms with Crippen molar-refractivity contribution in [2.75, 3.05) is 33.4 Å². The Hall–Kier alpha value is -4.32. The molecule has 0 spiro atoms. The molecule has 40 heavy (non-hydrogen) atoms. The molecular weight excluding hydrogens is 535 g/mol. The fraction of sp³-hybridized carbons (Fsp3) is 0.286. The summed E-state index contributed by atoms with van der Waals surface area (Å²) < 4.78 is 43.1. The monoisotopic (exact) mass is 564 g/mol. The number of sulfone groups is 1. The van der Waals surface area contributed by atoms with Crippen LogP contribution in [-0.4, -0.2) is 83.5 Å². The molecule has 3 heterocycles. The smallest absolute Gasteiger partial charge is 0.269 e. The molecule has 2 amide bonds. The van der Waals surface area contributed by atoms with Crippen LogP contribution >= 0.6 is 0 Å². The summed E-state index contributed by atoms with van der Waals surface area (Å²) in [6, 6.07) is 9.69. The average molecular weight is 565 g/mol. The summed E-state index contributed by atoms with van der Waals surface area (Å²) in [6.07, 6.45) is 7.00. The normalized spacial score (nSPS) is 13.9. The van der Waals surface area contributed by atoms with Gasteiger partial charge in [0.25, 0.3) is 5.91 Å². The molecule has 0 fully saturated rings. The lowest BCUT2D eigenvalue weighted by atomic mass is 9.93. The number of halogens is 1. The number of hydrogen-bond acceptors (Lipinski definition) is 6. The number of amides is 2. The van der Waals surface area contributed by atoms with Gasteiger partial charge in [0, 0.05) is 62.6 Å². The quantitative estimate of drug-likeness (QED) is 0.367. The van der Waals surface area contributed by atoms with Crippen molar-refractivity contribution in [1.82, 2.24) is 29.8 Å². The maximum absolute atomic E-state index is 16.2. The van der Waals surface area contributed by atoms with E-state index in [9.17, 15) is 18.0 Å². The number of aromatic amines is 1. The summed E-state index contributed by atoms with van der Waals surface area (Å²) in [6.45, 7) is 1.07. The molecule has 2 aromatic carbocycles. The Morgan fingerprint density at radius 1 is 1.12 bits per heavy atom. The molecule has 12 heteroatoms. The van der Waals surface area contributed by atoms with Crippen molar-refractivity contribution in [1.29, 1.82) is 0 Å². The van der Waals surface area contributed by atoms with Crippen molar-refractivity contribution in [3.63, 3.8) is 0 Å². The highest BCUT2D eigenvalue weighted by atomic mass is 32.2. The molecule has 1 aliphatic rings. The molecule has 4 aromatic rings. The van der Waals surface area contributed by atoms with Gasteiger partial charge in [-0.15, -0.1) is 5.10 Å². The van der Waals surface area contributed by atoms with Crippen molar-refractivity contribution in [2.24, 2.45) is 0 Å². The average Bonchev–Trinajstić information content (AvgIpc) is 3.62. The molecule has 0 bridgehead atoms. The summed E-state index contributed by atoms with van der Waals surface area (Å²) in [5, 5.41) is 8.02. The summed E-state index contributed by atoms with van der Waals surface area (Å²) >= 11 is 0. The third kappa shape index (κ3) is 5.26. The topological polar surface area (TPSA) is 121 Å². The van der Waals surface area contributed by atoms with Gasteiger partial charge in [-0.3, -0.25) is 14.3 Å². The van der Waals surface area contributed by atoms with Gasteiger partial charge in [-0.2, -0.15) is 0 Å². The molecule has 0 radical (unpaired) electrons. The van der Waals surface area contributed by atoms with E-state index in [1.165, 1.54) is 11.0 Å². The third-order valence-corrected chi connectivity index (χ3v) is 8.10. The van der Waals surface area contributed by atoms with Crippen molar-refractivity contribution in [2.45, 2.75) is 24.3 Å². The van der Waals surface area contributed by atoms with E-state index in [0.717, 1.165) is 6.26 Å². The zero-order chi connectivity index (χ0) is 28.6. The minimum absolute atomic E-state index is 0.0935. The van der Waals surface area contributed by atoms with Crippen LogP contribution in [-0.2, 0) is 21.2 Å². The second-order valence-corrected chi connectivity index (χ2v) is 12.0. The number of carbonyl (C=O) groups excluding carboxylic acids is 2. The van der Waals surface area contributed by atoms with E-state index in [0.29, 0.717) is 41.6 Å². The van der Waals surface area contributed by atoms with E-state index < -0.39 is 15.7 Å². The molecular formula is C28H29FN6O4S. The fourth-order valence-electron chi connectivity index (χ4n) is 4.96. The first-order chi connectivity index (χ1) is 19.0. The summed E-state index contributed by atoms with van der Waals surface area (Å²) in [4.78, 5) is 31.8. The lowest BCUT2D eigenvalue weighted by Gasteiger charge is -2.28. The number of benzene rings is 2. The van der Waals surface area contributed by atoms with Crippen LogP contribution < -0.4 is 0 Å². The molecule has 0 saturated heterocycles. The van der Waals surface area contributed by atoms with Crippen molar-refractivity contribution < 1.29 is 22.4 Å². The Kier molecular flexibility index (Phi) is 7.28. The van der Waals surface area contributed by atoms with E-state index >= 15 is 4.39 Å². The van der Waals surface area contributed by atoms with Crippen LogP contribution in [0.4, 0.5) is 4.39 Å². The zero-order valence-electron chi connectivity index (χ0n) is 22.4. The predicted molar refractivity (Wildman–Crippen MR) is 149 cm³/mol. The highest BCUT2D eigenvalue weighted by molar-refractivity contribution is 7.90. The number of carbonyl (C=O) groups is 2. The molecule has 0 aliphatic carbocycles. The maximum Gasteiger partial charge on any atom is 0.269 e. The second-order valence-electron chi connectivity index (χ2n) is 9.97. The lowest BCUT2D eigenvalue weighted by Crippen LogP contribution is -2.36. The van der Waals surface area contributed by atoms with Gasteiger partial charge in [0.1, 0.15) is 5.69 Å². The van der Waals surface area contributed by atoms with Gasteiger partial charge in [0.05, 0.1) is 23.2 Å². The Bertz CT molecular complexity index is 1740. The number of fused-ring (bicyclic) bond motifs is 1. The first kappa shape index (κ1) is 27.3. The minimum atomic E-state index is -3.62. The van der Waals surface area contributed by atoms with Gasteiger partial charge < -0.3 is 14.8 Å². The van der Waals surface area contributed by atoms with Crippen LogP contribution in [0, 0.1) is 5.82 Å². The fourth-order valence-corrected chi connectivity index (χ4v) is 5.86. The number of aryl methyl sites for hydroxylation is 1. The first-order valence-corrected chi connectivity index (χ1v) is 14.6. The lowest BCUT2D eigenvalue weighted by molar-refractivity contribution is -0.131. The molecule has 0 saturated carbocycles. The Labute approximate surface area is 231 Å². The number of H-pyrrole nitrogens is 1. The van der Waals surface area contributed by atoms with Gasteiger partial charge in [-0.1, -0.05) is 29.5 Å². The maximum atomic E-state index is 16.2. The SMILES string of the molecule is CN(C)C(=O)c1cc2c(-c3ccccc3S(C)(=O)=O)cc(C3=CCCN(C(=O)CCn4ccnn4)C3)c(F)c2[nH]1. The number of aromatic nitrogens is 4. The van der Waals surface area contributed by atoms with Crippen LogP contribution in [0.5, 0.6) is 0 Å². The van der Waals surface area contributed by atoms with Crippen LogP contribution in [0.15, 0.2) is 59.8 Å². The van der Waals surface area contributed by atoms with Crippen LogP contribution in [0.3, 0.4) is 0 Å². The molecule has 10 nitrogen and oxygen atoms in total. The van der Waals surface area contributed by atoms with E-state index in [1.807, 2.05) is 6.08 Å². The van der Waals surface area contributed by atoms with Crippen molar-refractivity contribution in [3.05, 3.63) is 71.9 Å². The minimum Gasteiger partial charge on any atom is -0.348 e. The number of hydrogen-bond donors (Lipinski definition) is 1. The Balaban J connectivity index is 1.60. The van der Waals surface area contributed by atoms with Gasteiger partial charge in [0.2, 0.25) is 5.91 Å².